The minimum Gasteiger partial charge on any atom is -0.247 e. The zero-order valence-electron chi connectivity index (χ0n) is 13.0. The van der Waals surface area contributed by atoms with E-state index in [0.29, 0.717) is 23.6 Å². The topological polar surface area (TPSA) is 30.7 Å². The predicted molar refractivity (Wildman–Crippen MR) is 85.6 cm³/mol. The Morgan fingerprint density at radius 3 is 2.52 bits per heavy atom. The number of fused-ring (bicyclic) bond motifs is 1. The smallest absolute Gasteiger partial charge is 0.247 e. The largest absolute Gasteiger partial charge is 0.417 e. The van der Waals surface area contributed by atoms with E-state index in [1.54, 1.807) is 11.6 Å². The number of aromatic nitrogens is 3. The molecule has 0 unspecified atom stereocenters. The second kappa shape index (κ2) is 5.63. The Kier molecular flexibility index (Phi) is 3.91. The van der Waals surface area contributed by atoms with E-state index < -0.39 is 11.7 Å². The van der Waals surface area contributed by atoms with Crippen LogP contribution >= 0.6 is 11.3 Å². The van der Waals surface area contributed by atoms with Gasteiger partial charge in [-0.05, 0) is 38.5 Å². The number of rotatable bonds is 3. The zero-order valence-corrected chi connectivity index (χ0v) is 13.8. The van der Waals surface area contributed by atoms with Gasteiger partial charge in [-0.15, -0.1) is 11.3 Å². The Morgan fingerprint density at radius 1 is 1.22 bits per heavy atom. The van der Waals surface area contributed by atoms with Crippen LogP contribution in [0.15, 0.2) is 18.2 Å². The lowest BCUT2D eigenvalue weighted by Crippen LogP contribution is -2.08. The zero-order chi connectivity index (χ0) is 16.8. The summed E-state index contributed by atoms with van der Waals surface area (Å²) in [5.41, 5.74) is 0.353. The average molecular weight is 339 g/mol. The highest BCUT2D eigenvalue weighted by Gasteiger charge is 2.35. The standard InChI is InChI=1S/C16H16F3N3S/c1-4-7-22-15-14(10(3)21-22)11(16(17,18)19)8-12(20-15)13-6-5-9(2)23-13/h5-6,8H,4,7H2,1-3H3. The molecule has 0 bridgehead atoms. The molecule has 122 valence electrons. The van der Waals surface area contributed by atoms with Crippen molar-refractivity contribution in [2.75, 3.05) is 0 Å². The lowest BCUT2D eigenvalue weighted by molar-refractivity contribution is -0.136. The number of hydrogen-bond acceptors (Lipinski definition) is 3. The lowest BCUT2D eigenvalue weighted by Gasteiger charge is -2.11. The number of thiophene rings is 1. The molecule has 0 aliphatic rings. The van der Waals surface area contributed by atoms with E-state index in [2.05, 4.69) is 10.1 Å². The van der Waals surface area contributed by atoms with Gasteiger partial charge in [-0.2, -0.15) is 18.3 Å². The molecule has 0 N–H and O–H groups in total. The summed E-state index contributed by atoms with van der Waals surface area (Å²) < 4.78 is 42.2. The monoisotopic (exact) mass is 339 g/mol. The highest BCUT2D eigenvalue weighted by Crippen LogP contribution is 2.39. The average Bonchev–Trinajstić information content (AvgIpc) is 3.02. The first-order valence-electron chi connectivity index (χ1n) is 7.33. The first-order valence-corrected chi connectivity index (χ1v) is 8.15. The summed E-state index contributed by atoms with van der Waals surface area (Å²) in [6, 6.07) is 4.83. The highest BCUT2D eigenvalue weighted by molar-refractivity contribution is 7.15. The van der Waals surface area contributed by atoms with Crippen LogP contribution in [0.5, 0.6) is 0 Å². The van der Waals surface area contributed by atoms with E-state index >= 15 is 0 Å². The van der Waals surface area contributed by atoms with E-state index in [1.807, 2.05) is 26.0 Å². The number of pyridine rings is 1. The molecule has 0 saturated heterocycles. The van der Waals surface area contributed by atoms with Crippen LogP contribution in [0, 0.1) is 13.8 Å². The summed E-state index contributed by atoms with van der Waals surface area (Å²) in [5, 5.41) is 4.35. The molecule has 0 aromatic carbocycles. The van der Waals surface area contributed by atoms with Crippen molar-refractivity contribution >= 4 is 22.4 Å². The van der Waals surface area contributed by atoms with Crippen LogP contribution in [-0.2, 0) is 12.7 Å². The summed E-state index contributed by atoms with van der Waals surface area (Å²) in [6.07, 6.45) is -3.66. The van der Waals surface area contributed by atoms with Crippen LogP contribution in [0.4, 0.5) is 13.2 Å². The third kappa shape index (κ3) is 2.85. The first-order chi connectivity index (χ1) is 10.8. The van der Waals surface area contributed by atoms with Crippen LogP contribution in [0.25, 0.3) is 21.6 Å². The van der Waals surface area contributed by atoms with Gasteiger partial charge in [-0.25, -0.2) is 9.67 Å². The first kappa shape index (κ1) is 16.0. The van der Waals surface area contributed by atoms with Crippen molar-refractivity contribution < 1.29 is 13.2 Å². The second-order valence-corrected chi connectivity index (χ2v) is 6.76. The summed E-state index contributed by atoms with van der Waals surface area (Å²) in [4.78, 5) is 6.25. The molecule has 3 heterocycles. The van der Waals surface area contributed by atoms with Gasteiger partial charge < -0.3 is 0 Å². The quantitative estimate of drug-likeness (QED) is 0.656. The fourth-order valence-electron chi connectivity index (χ4n) is 2.64. The van der Waals surface area contributed by atoms with Crippen LogP contribution in [0.2, 0.25) is 0 Å². The third-order valence-corrected chi connectivity index (χ3v) is 4.63. The fraction of sp³-hybridized carbons (Fsp3) is 0.375. The third-order valence-electron chi connectivity index (χ3n) is 3.61. The number of halogens is 3. The minimum atomic E-state index is -4.44. The van der Waals surface area contributed by atoms with E-state index in [-0.39, 0.29) is 5.39 Å². The van der Waals surface area contributed by atoms with Crippen molar-refractivity contribution in [1.29, 1.82) is 0 Å². The molecular weight excluding hydrogens is 323 g/mol. The van der Waals surface area contributed by atoms with Crippen molar-refractivity contribution in [3.63, 3.8) is 0 Å². The van der Waals surface area contributed by atoms with Gasteiger partial charge in [0, 0.05) is 11.4 Å². The van der Waals surface area contributed by atoms with Crippen molar-refractivity contribution in [1.82, 2.24) is 14.8 Å². The molecule has 7 heteroatoms. The van der Waals surface area contributed by atoms with E-state index in [0.717, 1.165) is 22.2 Å². The maximum Gasteiger partial charge on any atom is 0.417 e. The molecule has 3 nitrogen and oxygen atoms in total. The van der Waals surface area contributed by atoms with Crippen LogP contribution in [0.3, 0.4) is 0 Å². The molecule has 0 fully saturated rings. The van der Waals surface area contributed by atoms with Gasteiger partial charge in [-0.1, -0.05) is 6.92 Å². The maximum atomic E-state index is 13.5. The summed E-state index contributed by atoms with van der Waals surface area (Å²) >= 11 is 1.44. The molecule has 0 atom stereocenters. The molecule has 0 radical (unpaired) electrons. The van der Waals surface area contributed by atoms with Gasteiger partial charge in [-0.3, -0.25) is 0 Å². The molecule has 0 aliphatic carbocycles. The number of hydrogen-bond donors (Lipinski definition) is 0. The van der Waals surface area contributed by atoms with E-state index in [9.17, 15) is 13.2 Å². The van der Waals surface area contributed by atoms with Gasteiger partial charge in [0.15, 0.2) is 5.65 Å². The minimum absolute atomic E-state index is 0.1000. The molecule has 0 aliphatic heterocycles. The maximum absolute atomic E-state index is 13.5. The summed E-state index contributed by atoms with van der Waals surface area (Å²) in [5.74, 6) is 0. The molecule has 3 aromatic rings. The molecule has 23 heavy (non-hydrogen) atoms. The Morgan fingerprint density at radius 2 is 1.96 bits per heavy atom. The Labute approximate surface area is 135 Å². The van der Waals surface area contributed by atoms with Crippen molar-refractivity contribution in [2.24, 2.45) is 0 Å². The van der Waals surface area contributed by atoms with Crippen molar-refractivity contribution in [2.45, 2.75) is 39.9 Å². The van der Waals surface area contributed by atoms with E-state index in [1.165, 1.54) is 11.3 Å². The molecule has 3 rings (SSSR count). The Bertz CT molecular complexity index is 861. The second-order valence-electron chi connectivity index (χ2n) is 5.47. The fourth-order valence-corrected chi connectivity index (χ4v) is 3.47. The van der Waals surface area contributed by atoms with Gasteiger partial charge in [0.2, 0.25) is 0 Å². The SMILES string of the molecule is CCCn1nc(C)c2c(C(F)(F)F)cc(-c3ccc(C)s3)nc21. The van der Waals surface area contributed by atoms with Gasteiger partial charge in [0.05, 0.1) is 27.2 Å². The van der Waals surface area contributed by atoms with E-state index in [4.69, 9.17) is 0 Å². The van der Waals surface area contributed by atoms with Crippen LogP contribution in [-0.4, -0.2) is 14.8 Å². The molecule has 0 amide bonds. The van der Waals surface area contributed by atoms with Crippen molar-refractivity contribution in [3.8, 4) is 10.6 Å². The summed E-state index contributed by atoms with van der Waals surface area (Å²) in [7, 11) is 0. The summed E-state index contributed by atoms with van der Waals surface area (Å²) in [6.45, 7) is 6.02. The Balaban J connectivity index is 2.34. The normalized spacial score (nSPS) is 12.3. The number of aryl methyl sites for hydroxylation is 3. The predicted octanol–water partition coefficient (Wildman–Crippen LogP) is 5.21. The van der Waals surface area contributed by atoms with Gasteiger partial charge >= 0.3 is 6.18 Å². The number of nitrogens with zero attached hydrogens (tertiary/aromatic N) is 3. The Hall–Kier alpha value is -1.89. The van der Waals surface area contributed by atoms with Crippen molar-refractivity contribution in [3.05, 3.63) is 34.3 Å². The molecule has 3 aromatic heterocycles. The van der Waals surface area contributed by atoms with Gasteiger partial charge in [0.1, 0.15) is 0 Å². The molecular formula is C16H16F3N3S. The van der Waals surface area contributed by atoms with Crippen LogP contribution < -0.4 is 0 Å². The molecule has 0 spiro atoms. The lowest BCUT2D eigenvalue weighted by atomic mass is 10.1. The van der Waals surface area contributed by atoms with Crippen LogP contribution in [0.1, 0.15) is 29.5 Å². The highest BCUT2D eigenvalue weighted by atomic mass is 32.1. The number of alkyl halides is 3. The van der Waals surface area contributed by atoms with Gasteiger partial charge in [0.25, 0.3) is 0 Å². The molecule has 0 saturated carbocycles.